The summed E-state index contributed by atoms with van der Waals surface area (Å²) in [5.41, 5.74) is 0.619. The molecule has 1 amide bonds. The van der Waals surface area contributed by atoms with Crippen molar-refractivity contribution in [2.75, 3.05) is 26.2 Å². The van der Waals surface area contributed by atoms with Gasteiger partial charge in [-0.15, -0.1) is 0 Å². The summed E-state index contributed by atoms with van der Waals surface area (Å²) in [4.78, 5) is 15.2. The molecule has 4 aliphatic carbocycles. The van der Waals surface area contributed by atoms with Gasteiger partial charge in [0, 0.05) is 32.6 Å². The standard InChI is InChI=1S/C21H31N3O4S/c1-14-20(15(2)28-22-14)29(26,27)24-5-3-23(4-6-24)19(25)13-21-10-16-7-17(11-21)9-18(8-16)12-21/h16-18H,3-13H2,1-2H3. The van der Waals surface area contributed by atoms with E-state index in [0.29, 0.717) is 44.1 Å². The molecule has 7 nitrogen and oxygen atoms in total. The number of carbonyl (C=O) groups is 1. The van der Waals surface area contributed by atoms with Crippen LogP contribution in [0.5, 0.6) is 0 Å². The summed E-state index contributed by atoms with van der Waals surface area (Å²) in [7, 11) is -3.63. The summed E-state index contributed by atoms with van der Waals surface area (Å²) >= 11 is 0. The highest BCUT2D eigenvalue weighted by atomic mass is 32.2. The van der Waals surface area contributed by atoms with Crippen LogP contribution < -0.4 is 0 Å². The van der Waals surface area contributed by atoms with Crippen LogP contribution in [0.2, 0.25) is 0 Å². The number of hydrogen-bond acceptors (Lipinski definition) is 5. The normalized spacial score (nSPS) is 34.7. The Kier molecular flexibility index (Phi) is 4.59. The SMILES string of the molecule is Cc1noc(C)c1S(=O)(=O)N1CCN(C(=O)CC23CC4CC(CC(C4)C2)C3)CC1. The summed E-state index contributed by atoms with van der Waals surface area (Å²) < 4.78 is 32.5. The fourth-order valence-corrected chi connectivity index (χ4v) is 8.80. The minimum atomic E-state index is -3.63. The average molecular weight is 422 g/mol. The Balaban J connectivity index is 1.23. The van der Waals surface area contributed by atoms with Gasteiger partial charge in [-0.3, -0.25) is 4.79 Å². The molecular weight excluding hydrogens is 390 g/mol. The topological polar surface area (TPSA) is 83.7 Å². The van der Waals surface area contributed by atoms with Crippen molar-refractivity contribution in [2.24, 2.45) is 23.2 Å². The van der Waals surface area contributed by atoms with E-state index < -0.39 is 10.0 Å². The maximum atomic E-state index is 13.1. The molecule has 8 heteroatoms. The lowest BCUT2D eigenvalue weighted by Gasteiger charge is -2.57. The van der Waals surface area contributed by atoms with Crippen LogP contribution in [0.1, 0.15) is 56.4 Å². The highest BCUT2D eigenvalue weighted by Crippen LogP contribution is 2.61. The van der Waals surface area contributed by atoms with Crippen molar-refractivity contribution in [1.29, 1.82) is 0 Å². The van der Waals surface area contributed by atoms with Crippen LogP contribution >= 0.6 is 0 Å². The van der Waals surface area contributed by atoms with Gasteiger partial charge in [0.25, 0.3) is 0 Å². The van der Waals surface area contributed by atoms with Gasteiger partial charge in [-0.1, -0.05) is 5.16 Å². The molecule has 2 heterocycles. The van der Waals surface area contributed by atoms with Crippen LogP contribution in [0.25, 0.3) is 0 Å². The van der Waals surface area contributed by atoms with Gasteiger partial charge in [0.2, 0.25) is 15.9 Å². The molecule has 160 valence electrons. The van der Waals surface area contributed by atoms with Gasteiger partial charge in [0.05, 0.1) is 0 Å². The zero-order chi connectivity index (χ0) is 20.4. The summed E-state index contributed by atoms with van der Waals surface area (Å²) in [6.07, 6.45) is 8.48. The van der Waals surface area contributed by atoms with Gasteiger partial charge in [0.15, 0.2) is 5.76 Å². The zero-order valence-corrected chi connectivity index (χ0v) is 18.2. The van der Waals surface area contributed by atoms with Gasteiger partial charge in [-0.25, -0.2) is 8.42 Å². The zero-order valence-electron chi connectivity index (χ0n) is 17.4. The second-order valence-electron chi connectivity index (χ2n) is 10.0. The van der Waals surface area contributed by atoms with Gasteiger partial charge >= 0.3 is 0 Å². The first-order chi connectivity index (χ1) is 13.8. The number of aromatic nitrogens is 1. The minimum Gasteiger partial charge on any atom is -0.360 e. The summed E-state index contributed by atoms with van der Waals surface area (Å²) in [6, 6.07) is 0. The molecule has 1 saturated heterocycles. The molecule has 1 aromatic heterocycles. The van der Waals surface area contributed by atoms with E-state index in [0.717, 1.165) is 17.8 Å². The van der Waals surface area contributed by atoms with Gasteiger partial charge in [0.1, 0.15) is 10.6 Å². The van der Waals surface area contributed by atoms with Crippen LogP contribution in [-0.4, -0.2) is 54.9 Å². The maximum Gasteiger partial charge on any atom is 0.248 e. The lowest BCUT2D eigenvalue weighted by atomic mass is 9.49. The molecule has 5 fully saturated rings. The molecule has 0 radical (unpaired) electrons. The quantitative estimate of drug-likeness (QED) is 0.746. The Labute approximate surface area is 172 Å². The second-order valence-corrected chi connectivity index (χ2v) is 11.9. The number of piperazine rings is 1. The molecule has 5 aliphatic rings. The van der Waals surface area contributed by atoms with Crippen LogP contribution in [0.3, 0.4) is 0 Å². The van der Waals surface area contributed by atoms with Crippen LogP contribution in [0.4, 0.5) is 0 Å². The molecule has 29 heavy (non-hydrogen) atoms. The third kappa shape index (κ3) is 3.32. The van der Waals surface area contributed by atoms with Crippen molar-refractivity contribution < 1.29 is 17.7 Å². The smallest absolute Gasteiger partial charge is 0.248 e. The Morgan fingerprint density at radius 3 is 2.07 bits per heavy atom. The Morgan fingerprint density at radius 1 is 1.03 bits per heavy atom. The first-order valence-corrected chi connectivity index (χ1v) is 12.4. The van der Waals surface area contributed by atoms with Crippen LogP contribution in [-0.2, 0) is 14.8 Å². The largest absolute Gasteiger partial charge is 0.360 e. The number of carbonyl (C=O) groups excluding carboxylic acids is 1. The molecule has 0 atom stereocenters. The van der Waals surface area contributed by atoms with E-state index in [1.165, 1.54) is 42.8 Å². The maximum absolute atomic E-state index is 13.1. The molecule has 0 N–H and O–H groups in total. The van der Waals surface area contributed by atoms with Crippen molar-refractivity contribution in [2.45, 2.75) is 63.7 Å². The van der Waals surface area contributed by atoms with E-state index in [1.807, 2.05) is 4.90 Å². The van der Waals surface area contributed by atoms with E-state index in [1.54, 1.807) is 13.8 Å². The van der Waals surface area contributed by atoms with Gasteiger partial charge < -0.3 is 9.42 Å². The fraction of sp³-hybridized carbons (Fsp3) is 0.810. The van der Waals surface area contributed by atoms with Gasteiger partial charge in [-0.2, -0.15) is 4.31 Å². The first-order valence-electron chi connectivity index (χ1n) is 11.0. The number of aryl methyl sites for hydroxylation is 2. The molecule has 0 unspecified atom stereocenters. The lowest BCUT2D eigenvalue weighted by Crippen LogP contribution is -2.53. The lowest BCUT2D eigenvalue weighted by molar-refractivity contribution is -0.140. The molecule has 1 aromatic rings. The first kappa shape index (κ1) is 19.5. The summed E-state index contributed by atoms with van der Waals surface area (Å²) in [5, 5.41) is 3.78. The Hall–Kier alpha value is -1.41. The molecule has 0 spiro atoms. The van der Waals surface area contributed by atoms with Crippen molar-refractivity contribution in [1.82, 2.24) is 14.4 Å². The van der Waals surface area contributed by atoms with E-state index in [-0.39, 0.29) is 16.2 Å². The summed E-state index contributed by atoms with van der Waals surface area (Å²) in [6.45, 7) is 4.87. The number of amides is 1. The molecule has 6 rings (SSSR count). The number of nitrogens with zero attached hydrogens (tertiary/aromatic N) is 3. The Morgan fingerprint density at radius 2 is 1.59 bits per heavy atom. The summed E-state index contributed by atoms with van der Waals surface area (Å²) in [5.74, 6) is 3.06. The van der Waals surface area contributed by atoms with Crippen LogP contribution in [0.15, 0.2) is 9.42 Å². The molecule has 4 saturated carbocycles. The molecule has 1 aliphatic heterocycles. The number of sulfonamides is 1. The van der Waals surface area contributed by atoms with Gasteiger partial charge in [-0.05, 0) is 75.5 Å². The Bertz CT molecular complexity index is 860. The van der Waals surface area contributed by atoms with Crippen molar-refractivity contribution in [3.8, 4) is 0 Å². The van der Waals surface area contributed by atoms with E-state index in [4.69, 9.17) is 4.52 Å². The van der Waals surface area contributed by atoms with Crippen molar-refractivity contribution >= 4 is 15.9 Å². The average Bonchev–Trinajstić information content (AvgIpc) is 2.99. The molecule has 4 bridgehead atoms. The molecule has 0 aromatic carbocycles. The number of hydrogen-bond donors (Lipinski definition) is 0. The third-order valence-corrected chi connectivity index (χ3v) is 9.99. The predicted octanol–water partition coefficient (Wildman–Crippen LogP) is 2.73. The predicted molar refractivity (Wildman–Crippen MR) is 107 cm³/mol. The monoisotopic (exact) mass is 421 g/mol. The molecular formula is C21H31N3O4S. The third-order valence-electron chi connectivity index (χ3n) is 7.85. The van der Waals surface area contributed by atoms with Crippen molar-refractivity contribution in [3.63, 3.8) is 0 Å². The highest BCUT2D eigenvalue weighted by Gasteiger charge is 2.51. The minimum absolute atomic E-state index is 0.172. The fourth-order valence-electron chi connectivity index (χ4n) is 7.09. The number of rotatable bonds is 4. The van der Waals surface area contributed by atoms with Crippen LogP contribution in [0, 0.1) is 37.0 Å². The highest BCUT2D eigenvalue weighted by molar-refractivity contribution is 7.89. The van der Waals surface area contributed by atoms with Crippen molar-refractivity contribution in [3.05, 3.63) is 11.5 Å². The second kappa shape index (κ2) is 6.80. The van der Waals surface area contributed by atoms with E-state index in [2.05, 4.69) is 5.16 Å². The van der Waals surface area contributed by atoms with E-state index >= 15 is 0 Å². The van der Waals surface area contributed by atoms with E-state index in [9.17, 15) is 13.2 Å².